The van der Waals surface area contributed by atoms with Crippen LogP contribution >= 0.6 is 11.3 Å². The van der Waals surface area contributed by atoms with Crippen LogP contribution in [0.1, 0.15) is 29.7 Å². The van der Waals surface area contributed by atoms with Gasteiger partial charge < -0.3 is 10.1 Å². The molecule has 0 aliphatic carbocycles. The molecule has 2 atom stereocenters. The smallest absolute Gasteiger partial charge is 0.225 e. The molecule has 128 valence electrons. The van der Waals surface area contributed by atoms with Crippen LogP contribution in [0.15, 0.2) is 24.3 Å². The van der Waals surface area contributed by atoms with Gasteiger partial charge in [0.05, 0.1) is 29.3 Å². The number of halogens is 1. The maximum absolute atomic E-state index is 13.1. The minimum absolute atomic E-state index is 0.00305. The summed E-state index contributed by atoms with van der Waals surface area (Å²) in [6, 6.07) is 6.21. The highest BCUT2D eigenvalue weighted by Crippen LogP contribution is 2.28. The molecule has 0 spiro atoms. The molecule has 1 saturated heterocycles. The van der Waals surface area contributed by atoms with Gasteiger partial charge in [-0.2, -0.15) is 0 Å². The van der Waals surface area contributed by atoms with Crippen LogP contribution in [0, 0.1) is 12.7 Å². The first-order chi connectivity index (χ1) is 11.5. The van der Waals surface area contributed by atoms with Crippen molar-refractivity contribution in [3.63, 3.8) is 0 Å². The van der Waals surface area contributed by atoms with Crippen molar-refractivity contribution in [2.24, 2.45) is 0 Å². The zero-order chi connectivity index (χ0) is 17.1. The number of thiazole rings is 1. The van der Waals surface area contributed by atoms with Gasteiger partial charge in [0.2, 0.25) is 5.91 Å². The van der Waals surface area contributed by atoms with E-state index in [1.165, 1.54) is 23.5 Å². The Morgan fingerprint density at radius 1 is 1.46 bits per heavy atom. The fourth-order valence-electron chi connectivity index (χ4n) is 2.96. The first kappa shape index (κ1) is 17.0. The molecule has 2 aromatic rings. The molecular formula is C18H21FN2O2S. The van der Waals surface area contributed by atoms with E-state index in [4.69, 9.17) is 4.74 Å². The van der Waals surface area contributed by atoms with E-state index < -0.39 is 0 Å². The molecule has 6 heteroatoms. The third-order valence-corrected chi connectivity index (χ3v) is 5.13. The molecule has 4 nitrogen and oxygen atoms in total. The van der Waals surface area contributed by atoms with Crippen molar-refractivity contribution < 1.29 is 13.9 Å². The maximum atomic E-state index is 13.1. The van der Waals surface area contributed by atoms with Gasteiger partial charge in [-0.1, -0.05) is 0 Å². The topological polar surface area (TPSA) is 51.2 Å². The number of aryl methyl sites for hydroxylation is 1. The summed E-state index contributed by atoms with van der Waals surface area (Å²) in [5.74, 6) is -0.319. The van der Waals surface area contributed by atoms with E-state index in [1.807, 2.05) is 13.8 Å². The summed E-state index contributed by atoms with van der Waals surface area (Å²) in [5.41, 5.74) is 1.59. The molecule has 1 amide bonds. The SMILES string of the molecule is Cc1nc(-c2ccc(F)cc2)c(CC(=O)NC(C)C2CCCO2)s1. The second-order valence-corrected chi connectivity index (χ2v) is 7.38. The predicted octanol–water partition coefficient (Wildman–Crippen LogP) is 3.48. The molecule has 24 heavy (non-hydrogen) atoms. The summed E-state index contributed by atoms with van der Waals surface area (Å²) in [7, 11) is 0. The Labute approximate surface area is 145 Å². The molecule has 1 aliphatic rings. The molecule has 2 heterocycles. The Morgan fingerprint density at radius 2 is 2.21 bits per heavy atom. The summed E-state index contributed by atoms with van der Waals surface area (Å²) in [6.45, 7) is 4.66. The number of rotatable bonds is 5. The molecular weight excluding hydrogens is 327 g/mol. The fraction of sp³-hybridized carbons (Fsp3) is 0.444. The van der Waals surface area contributed by atoms with E-state index in [9.17, 15) is 9.18 Å². The van der Waals surface area contributed by atoms with Crippen LogP contribution < -0.4 is 5.32 Å². The van der Waals surface area contributed by atoms with Crippen molar-refractivity contribution in [3.05, 3.63) is 40.0 Å². The minimum atomic E-state index is -0.282. The van der Waals surface area contributed by atoms with Gasteiger partial charge in [0.25, 0.3) is 0 Å². The van der Waals surface area contributed by atoms with Crippen LogP contribution in [-0.2, 0) is 16.0 Å². The first-order valence-electron chi connectivity index (χ1n) is 8.16. The van der Waals surface area contributed by atoms with Crippen molar-refractivity contribution in [2.75, 3.05) is 6.61 Å². The van der Waals surface area contributed by atoms with Crippen molar-refractivity contribution in [3.8, 4) is 11.3 Å². The zero-order valence-corrected chi connectivity index (χ0v) is 14.7. The molecule has 0 saturated carbocycles. The monoisotopic (exact) mass is 348 g/mol. The number of benzene rings is 1. The average Bonchev–Trinajstić information content (AvgIpc) is 3.18. The Kier molecular flexibility index (Phi) is 5.26. The highest BCUT2D eigenvalue weighted by Gasteiger charge is 2.24. The van der Waals surface area contributed by atoms with E-state index in [1.54, 1.807) is 12.1 Å². The van der Waals surface area contributed by atoms with Gasteiger partial charge >= 0.3 is 0 Å². The number of carbonyl (C=O) groups is 1. The second-order valence-electron chi connectivity index (χ2n) is 6.10. The number of nitrogens with one attached hydrogen (secondary N) is 1. The van der Waals surface area contributed by atoms with Crippen LogP contribution in [0.4, 0.5) is 4.39 Å². The molecule has 2 unspecified atom stereocenters. The third kappa shape index (κ3) is 3.99. The Balaban J connectivity index is 1.70. The summed E-state index contributed by atoms with van der Waals surface area (Å²) < 4.78 is 18.7. The van der Waals surface area contributed by atoms with Gasteiger partial charge in [-0.3, -0.25) is 4.79 Å². The van der Waals surface area contributed by atoms with E-state index in [0.29, 0.717) is 0 Å². The Morgan fingerprint density at radius 3 is 2.88 bits per heavy atom. The Bertz CT molecular complexity index is 708. The van der Waals surface area contributed by atoms with Crippen molar-refractivity contribution >= 4 is 17.2 Å². The number of nitrogens with zero attached hydrogens (tertiary/aromatic N) is 1. The highest BCUT2D eigenvalue weighted by atomic mass is 32.1. The predicted molar refractivity (Wildman–Crippen MR) is 92.5 cm³/mol. The quantitative estimate of drug-likeness (QED) is 0.900. The number of ether oxygens (including phenoxy) is 1. The summed E-state index contributed by atoms with van der Waals surface area (Å²) in [5, 5.41) is 3.92. The van der Waals surface area contributed by atoms with E-state index in [-0.39, 0.29) is 30.3 Å². The summed E-state index contributed by atoms with van der Waals surface area (Å²) in [4.78, 5) is 17.8. The number of amides is 1. The van der Waals surface area contributed by atoms with Gasteiger partial charge in [-0.15, -0.1) is 11.3 Å². The van der Waals surface area contributed by atoms with Crippen LogP contribution in [0.25, 0.3) is 11.3 Å². The lowest BCUT2D eigenvalue weighted by molar-refractivity contribution is -0.121. The lowest BCUT2D eigenvalue weighted by Gasteiger charge is -2.19. The van der Waals surface area contributed by atoms with Crippen LogP contribution in [-0.4, -0.2) is 29.6 Å². The minimum Gasteiger partial charge on any atom is -0.376 e. The third-order valence-electron chi connectivity index (χ3n) is 4.15. The average molecular weight is 348 g/mol. The number of hydrogen-bond acceptors (Lipinski definition) is 4. The molecule has 0 bridgehead atoms. The lowest BCUT2D eigenvalue weighted by Crippen LogP contribution is -2.41. The van der Waals surface area contributed by atoms with Crippen LogP contribution in [0.2, 0.25) is 0 Å². The number of aromatic nitrogens is 1. The van der Waals surface area contributed by atoms with Gasteiger partial charge in [-0.05, 0) is 51.0 Å². The van der Waals surface area contributed by atoms with E-state index in [2.05, 4.69) is 10.3 Å². The summed E-state index contributed by atoms with van der Waals surface area (Å²) >= 11 is 1.50. The molecule has 1 aliphatic heterocycles. The number of hydrogen-bond donors (Lipinski definition) is 1. The largest absolute Gasteiger partial charge is 0.376 e. The fourth-order valence-corrected chi connectivity index (χ4v) is 3.92. The zero-order valence-electron chi connectivity index (χ0n) is 13.8. The van der Waals surface area contributed by atoms with Crippen LogP contribution in [0.3, 0.4) is 0 Å². The van der Waals surface area contributed by atoms with Crippen LogP contribution in [0.5, 0.6) is 0 Å². The van der Waals surface area contributed by atoms with Gasteiger partial charge in [-0.25, -0.2) is 9.37 Å². The first-order valence-corrected chi connectivity index (χ1v) is 8.98. The molecule has 1 N–H and O–H groups in total. The molecule has 3 rings (SSSR count). The lowest BCUT2D eigenvalue weighted by atomic mass is 10.1. The molecule has 1 fully saturated rings. The van der Waals surface area contributed by atoms with Gasteiger partial charge in [0, 0.05) is 17.0 Å². The van der Waals surface area contributed by atoms with E-state index in [0.717, 1.165) is 40.6 Å². The van der Waals surface area contributed by atoms with Crippen molar-refractivity contribution in [1.82, 2.24) is 10.3 Å². The highest BCUT2D eigenvalue weighted by molar-refractivity contribution is 7.12. The molecule has 1 aromatic carbocycles. The summed E-state index contributed by atoms with van der Waals surface area (Å²) in [6.07, 6.45) is 2.42. The Hall–Kier alpha value is -1.79. The number of carbonyl (C=O) groups excluding carboxylic acids is 1. The van der Waals surface area contributed by atoms with Crippen molar-refractivity contribution in [2.45, 2.75) is 45.3 Å². The normalized spacial score (nSPS) is 18.5. The standard InChI is InChI=1S/C18H21FN2O2S/c1-11(15-4-3-9-23-15)20-17(22)10-16-18(21-12(2)24-16)13-5-7-14(19)8-6-13/h5-8,11,15H,3-4,9-10H2,1-2H3,(H,20,22). The maximum Gasteiger partial charge on any atom is 0.225 e. The van der Waals surface area contributed by atoms with Gasteiger partial charge in [0.15, 0.2) is 0 Å². The molecule has 1 aromatic heterocycles. The van der Waals surface area contributed by atoms with E-state index >= 15 is 0 Å². The molecule has 0 radical (unpaired) electrons. The van der Waals surface area contributed by atoms with Gasteiger partial charge in [0.1, 0.15) is 5.82 Å². The van der Waals surface area contributed by atoms with Crippen molar-refractivity contribution in [1.29, 1.82) is 0 Å². The second kappa shape index (κ2) is 7.40.